The molecule has 0 aromatic heterocycles. The van der Waals surface area contributed by atoms with Crippen LogP contribution in [0.25, 0.3) is 0 Å². The smallest absolute Gasteiger partial charge is 0.106 e. The van der Waals surface area contributed by atoms with Crippen molar-refractivity contribution in [2.45, 2.75) is 51.2 Å². The lowest BCUT2D eigenvalue weighted by Gasteiger charge is -2.28. The van der Waals surface area contributed by atoms with E-state index >= 15 is 0 Å². The molecule has 0 saturated carbocycles. The Hall–Kier alpha value is -1.37. The maximum atomic E-state index is 9.24. The minimum absolute atomic E-state index is 0.199. The highest BCUT2D eigenvalue weighted by atomic mass is 16.5. The molecule has 0 bridgehead atoms. The van der Waals surface area contributed by atoms with Gasteiger partial charge in [0.15, 0.2) is 0 Å². The van der Waals surface area contributed by atoms with Gasteiger partial charge >= 0.3 is 0 Å². The zero-order chi connectivity index (χ0) is 14.4. The second kappa shape index (κ2) is 6.88. The molecule has 1 N–H and O–H groups in total. The number of ether oxygens (including phenoxy) is 1. The van der Waals surface area contributed by atoms with Gasteiger partial charge in [0, 0.05) is 6.42 Å². The highest BCUT2D eigenvalue weighted by Crippen LogP contribution is 2.32. The van der Waals surface area contributed by atoms with Crippen molar-refractivity contribution in [1.29, 1.82) is 5.26 Å². The van der Waals surface area contributed by atoms with E-state index in [1.807, 2.05) is 13.8 Å². The highest BCUT2D eigenvalue weighted by Gasteiger charge is 2.24. The average Bonchev–Trinajstić information content (AvgIpc) is 2.48. The van der Waals surface area contributed by atoms with E-state index in [1.54, 1.807) is 0 Å². The van der Waals surface area contributed by atoms with Crippen LogP contribution < -0.4 is 5.32 Å². The summed E-state index contributed by atoms with van der Waals surface area (Å²) in [5.41, 5.74) is 2.27. The van der Waals surface area contributed by atoms with Gasteiger partial charge in [-0.05, 0) is 43.9 Å². The molecule has 1 aliphatic carbocycles. The van der Waals surface area contributed by atoms with Gasteiger partial charge in [0.25, 0.3) is 0 Å². The molecule has 20 heavy (non-hydrogen) atoms. The monoisotopic (exact) mass is 272 g/mol. The van der Waals surface area contributed by atoms with Crippen LogP contribution in [0.15, 0.2) is 24.3 Å². The highest BCUT2D eigenvalue weighted by molar-refractivity contribution is 5.31. The number of nitrogens with one attached hydrogen (secondary N) is 1. The number of nitriles is 1. The lowest BCUT2D eigenvalue weighted by Crippen LogP contribution is -2.41. The van der Waals surface area contributed by atoms with Crippen LogP contribution in [0.1, 0.15) is 50.3 Å². The number of nitrogens with zero attached hydrogens (tertiary/aromatic N) is 1. The van der Waals surface area contributed by atoms with Crippen LogP contribution >= 0.6 is 0 Å². The Morgan fingerprint density at radius 2 is 2.25 bits per heavy atom. The molecule has 2 atom stereocenters. The molecule has 3 heteroatoms. The molecule has 0 spiro atoms. The first-order valence-electron chi connectivity index (χ1n) is 7.54. The summed E-state index contributed by atoms with van der Waals surface area (Å²) in [6.07, 6.45) is 4.34. The largest absolute Gasteiger partial charge is 0.373 e. The second-order valence-electron chi connectivity index (χ2n) is 5.67. The van der Waals surface area contributed by atoms with E-state index in [4.69, 9.17) is 4.74 Å². The van der Waals surface area contributed by atoms with Gasteiger partial charge in [-0.15, -0.1) is 0 Å². The molecule has 108 valence electrons. The minimum Gasteiger partial charge on any atom is -0.373 e. The van der Waals surface area contributed by atoms with Gasteiger partial charge in [0.05, 0.1) is 18.8 Å². The van der Waals surface area contributed by atoms with Crippen molar-refractivity contribution >= 4 is 0 Å². The molecule has 0 saturated heterocycles. The van der Waals surface area contributed by atoms with Crippen LogP contribution in [0.5, 0.6) is 0 Å². The fourth-order valence-electron chi connectivity index (χ4n) is 2.86. The van der Waals surface area contributed by atoms with Crippen LogP contribution in [0, 0.1) is 11.3 Å². The summed E-state index contributed by atoms with van der Waals surface area (Å²) in [4.78, 5) is 0. The normalized spacial score (nSPS) is 20.8. The summed E-state index contributed by atoms with van der Waals surface area (Å²) in [5.74, 6) is 0. The molecule has 3 nitrogen and oxygen atoms in total. The third-order valence-electron chi connectivity index (χ3n) is 4.05. The first-order chi connectivity index (χ1) is 9.68. The SMILES string of the molecule is CCNC(C)(C#N)CCOC1CCCc2ccccc21. The summed E-state index contributed by atoms with van der Waals surface area (Å²) in [6, 6.07) is 10.9. The second-order valence-corrected chi connectivity index (χ2v) is 5.67. The molecular formula is C17H24N2O. The Morgan fingerprint density at radius 1 is 1.45 bits per heavy atom. The number of aryl methyl sites for hydroxylation is 1. The van der Waals surface area contributed by atoms with Crippen LogP contribution in [-0.4, -0.2) is 18.7 Å². The van der Waals surface area contributed by atoms with Crippen molar-refractivity contribution in [3.63, 3.8) is 0 Å². The summed E-state index contributed by atoms with van der Waals surface area (Å²) < 4.78 is 6.06. The van der Waals surface area contributed by atoms with Crippen molar-refractivity contribution in [2.75, 3.05) is 13.2 Å². The van der Waals surface area contributed by atoms with E-state index in [9.17, 15) is 5.26 Å². The molecule has 1 aromatic carbocycles. The predicted molar refractivity (Wildman–Crippen MR) is 80.4 cm³/mol. The van der Waals surface area contributed by atoms with E-state index < -0.39 is 5.54 Å². The van der Waals surface area contributed by atoms with E-state index in [2.05, 4.69) is 35.7 Å². The Balaban J connectivity index is 1.91. The maximum absolute atomic E-state index is 9.24. The standard InChI is InChI=1S/C17H24N2O/c1-3-19-17(2,13-18)11-12-20-16-10-6-8-14-7-4-5-9-15(14)16/h4-5,7,9,16,19H,3,6,8,10-12H2,1-2H3. The minimum atomic E-state index is -0.483. The van der Waals surface area contributed by atoms with Crippen molar-refractivity contribution in [3.8, 4) is 6.07 Å². The Labute approximate surface area is 121 Å². The number of hydrogen-bond donors (Lipinski definition) is 1. The molecule has 0 aliphatic heterocycles. The number of hydrogen-bond acceptors (Lipinski definition) is 3. The average molecular weight is 272 g/mol. The third kappa shape index (κ3) is 3.59. The summed E-state index contributed by atoms with van der Waals surface area (Å²) in [5, 5.41) is 12.5. The van der Waals surface area contributed by atoms with E-state index in [0.717, 1.165) is 25.8 Å². The van der Waals surface area contributed by atoms with E-state index in [1.165, 1.54) is 17.5 Å². The number of rotatable bonds is 6. The van der Waals surface area contributed by atoms with Gasteiger partial charge in [-0.25, -0.2) is 0 Å². The zero-order valence-electron chi connectivity index (χ0n) is 12.5. The van der Waals surface area contributed by atoms with Crippen molar-refractivity contribution in [2.24, 2.45) is 0 Å². The molecular weight excluding hydrogens is 248 g/mol. The van der Waals surface area contributed by atoms with Gasteiger partial charge in [-0.2, -0.15) is 5.26 Å². The topological polar surface area (TPSA) is 45.0 Å². The van der Waals surface area contributed by atoms with Crippen LogP contribution in [-0.2, 0) is 11.2 Å². The fourth-order valence-corrected chi connectivity index (χ4v) is 2.86. The number of fused-ring (bicyclic) bond motifs is 1. The van der Waals surface area contributed by atoms with Crippen LogP contribution in [0.4, 0.5) is 0 Å². The number of benzene rings is 1. The molecule has 0 heterocycles. The molecule has 0 radical (unpaired) electrons. The Morgan fingerprint density at radius 3 is 3.00 bits per heavy atom. The fraction of sp³-hybridized carbons (Fsp3) is 0.588. The van der Waals surface area contributed by atoms with Crippen LogP contribution in [0.3, 0.4) is 0 Å². The van der Waals surface area contributed by atoms with Crippen molar-refractivity contribution in [3.05, 3.63) is 35.4 Å². The summed E-state index contributed by atoms with van der Waals surface area (Å²) in [6.45, 7) is 5.38. The zero-order valence-corrected chi connectivity index (χ0v) is 12.5. The van der Waals surface area contributed by atoms with Gasteiger partial charge in [-0.3, -0.25) is 5.32 Å². The molecule has 2 rings (SSSR count). The first kappa shape index (κ1) is 15.0. The van der Waals surface area contributed by atoms with E-state index in [-0.39, 0.29) is 6.10 Å². The Bertz CT molecular complexity index is 480. The summed E-state index contributed by atoms with van der Waals surface area (Å²) in [7, 11) is 0. The van der Waals surface area contributed by atoms with Gasteiger partial charge in [0.2, 0.25) is 0 Å². The lowest BCUT2D eigenvalue weighted by atomic mass is 9.89. The van der Waals surface area contributed by atoms with Crippen molar-refractivity contribution in [1.82, 2.24) is 5.32 Å². The van der Waals surface area contributed by atoms with E-state index in [0.29, 0.717) is 6.61 Å². The van der Waals surface area contributed by atoms with Gasteiger partial charge in [-0.1, -0.05) is 31.2 Å². The summed E-state index contributed by atoms with van der Waals surface area (Å²) >= 11 is 0. The quantitative estimate of drug-likeness (QED) is 0.863. The molecule has 1 aliphatic rings. The third-order valence-corrected chi connectivity index (χ3v) is 4.05. The van der Waals surface area contributed by atoms with Crippen molar-refractivity contribution < 1.29 is 4.74 Å². The molecule has 0 fully saturated rings. The maximum Gasteiger partial charge on any atom is 0.106 e. The molecule has 0 amide bonds. The molecule has 1 aromatic rings. The first-order valence-corrected chi connectivity index (χ1v) is 7.54. The lowest BCUT2D eigenvalue weighted by molar-refractivity contribution is 0.0321. The predicted octanol–water partition coefficient (Wildman–Crippen LogP) is 3.36. The Kier molecular flexibility index (Phi) is 5.17. The molecule has 2 unspecified atom stereocenters. The van der Waals surface area contributed by atoms with Crippen LogP contribution in [0.2, 0.25) is 0 Å². The van der Waals surface area contributed by atoms with Gasteiger partial charge < -0.3 is 4.74 Å². The van der Waals surface area contributed by atoms with Gasteiger partial charge in [0.1, 0.15) is 5.54 Å².